The molecule has 1 aromatic carbocycles. The summed E-state index contributed by atoms with van der Waals surface area (Å²) < 4.78 is 0. The van der Waals surface area contributed by atoms with Crippen LogP contribution in [0.4, 0.5) is 5.69 Å². The lowest BCUT2D eigenvalue weighted by atomic mass is 10.1. The second-order valence-corrected chi connectivity index (χ2v) is 5.16. The van der Waals surface area contributed by atoms with E-state index < -0.39 is 5.97 Å². The second-order valence-electron chi connectivity index (χ2n) is 4.18. The molecule has 2 amide bonds. The van der Waals surface area contributed by atoms with Crippen LogP contribution in [0.15, 0.2) is 24.3 Å². The van der Waals surface area contributed by atoms with Crippen molar-refractivity contribution in [1.82, 2.24) is 0 Å². The number of nitrogens with zero attached hydrogens (tertiary/aromatic N) is 1. The third kappa shape index (κ3) is 3.35. The number of carboxylic acids is 1. The number of thioether (sulfide) groups is 1. The minimum absolute atomic E-state index is 0.0290. The summed E-state index contributed by atoms with van der Waals surface area (Å²) in [6.45, 7) is 0. The number of aryl methyl sites for hydroxylation is 1. The molecule has 0 aromatic heterocycles. The Bertz CT molecular complexity index is 513. The minimum atomic E-state index is -0.869. The van der Waals surface area contributed by atoms with E-state index in [4.69, 9.17) is 5.11 Å². The van der Waals surface area contributed by atoms with Crippen molar-refractivity contribution in [1.29, 1.82) is 0 Å². The van der Waals surface area contributed by atoms with Gasteiger partial charge in [-0.2, -0.15) is 0 Å². The van der Waals surface area contributed by atoms with Gasteiger partial charge < -0.3 is 5.11 Å². The molecule has 0 saturated carbocycles. The summed E-state index contributed by atoms with van der Waals surface area (Å²) in [4.78, 5) is 35.3. The Kier molecular flexibility index (Phi) is 4.21. The van der Waals surface area contributed by atoms with Gasteiger partial charge in [-0.05, 0) is 24.1 Å². The van der Waals surface area contributed by atoms with Crippen LogP contribution in [0.25, 0.3) is 0 Å². The van der Waals surface area contributed by atoms with Gasteiger partial charge in [0.05, 0.1) is 17.2 Å². The Morgan fingerprint density at radius 3 is 2.58 bits per heavy atom. The third-order valence-electron chi connectivity index (χ3n) is 2.75. The molecule has 1 saturated heterocycles. The zero-order chi connectivity index (χ0) is 13.8. The van der Waals surface area contributed by atoms with Crippen molar-refractivity contribution >= 4 is 35.2 Å². The Labute approximate surface area is 114 Å². The molecular formula is C13H13NO4S. The normalized spacial score (nSPS) is 15.7. The van der Waals surface area contributed by atoms with Gasteiger partial charge in [-0.3, -0.25) is 14.4 Å². The summed E-state index contributed by atoms with van der Waals surface area (Å²) in [5.41, 5.74) is 1.33. The fourth-order valence-electron chi connectivity index (χ4n) is 1.88. The van der Waals surface area contributed by atoms with Crippen LogP contribution in [0.2, 0.25) is 0 Å². The number of aliphatic carboxylic acids is 1. The van der Waals surface area contributed by atoms with Crippen LogP contribution in [0.5, 0.6) is 0 Å². The van der Waals surface area contributed by atoms with Gasteiger partial charge in [-0.25, -0.2) is 4.90 Å². The summed E-state index contributed by atoms with van der Waals surface area (Å²) in [7, 11) is 0. The molecule has 5 nitrogen and oxygen atoms in total. The number of rotatable bonds is 4. The van der Waals surface area contributed by atoms with Crippen molar-refractivity contribution in [3.63, 3.8) is 0 Å². The molecule has 0 aliphatic carbocycles. The lowest BCUT2D eigenvalue weighted by Gasteiger charge is -2.24. The van der Waals surface area contributed by atoms with Crippen LogP contribution in [-0.4, -0.2) is 34.4 Å². The summed E-state index contributed by atoms with van der Waals surface area (Å²) in [5, 5.41) is 8.66. The predicted molar refractivity (Wildman–Crippen MR) is 72.2 cm³/mol. The largest absolute Gasteiger partial charge is 0.481 e. The van der Waals surface area contributed by atoms with E-state index in [1.54, 1.807) is 24.3 Å². The summed E-state index contributed by atoms with van der Waals surface area (Å²) in [5.74, 6) is -0.726. The van der Waals surface area contributed by atoms with E-state index >= 15 is 0 Å². The highest BCUT2D eigenvalue weighted by Gasteiger charge is 2.27. The number of anilines is 1. The maximum absolute atomic E-state index is 11.8. The highest BCUT2D eigenvalue weighted by atomic mass is 32.2. The molecule has 1 fully saturated rings. The van der Waals surface area contributed by atoms with Crippen molar-refractivity contribution in [3.05, 3.63) is 29.8 Å². The first-order valence-corrected chi connectivity index (χ1v) is 6.97. The Morgan fingerprint density at radius 1 is 1.26 bits per heavy atom. The topological polar surface area (TPSA) is 74.7 Å². The number of carbonyl (C=O) groups excluding carboxylic acids is 2. The molecule has 19 heavy (non-hydrogen) atoms. The lowest BCUT2D eigenvalue weighted by Crippen LogP contribution is -2.43. The Morgan fingerprint density at radius 2 is 1.95 bits per heavy atom. The first-order chi connectivity index (χ1) is 9.08. The number of carbonyl (C=O) groups is 3. The van der Waals surface area contributed by atoms with E-state index in [1.807, 2.05) is 0 Å². The number of benzene rings is 1. The van der Waals surface area contributed by atoms with Crippen LogP contribution in [-0.2, 0) is 20.8 Å². The van der Waals surface area contributed by atoms with Crippen molar-refractivity contribution in [2.75, 3.05) is 16.4 Å². The molecule has 6 heteroatoms. The van der Waals surface area contributed by atoms with Crippen LogP contribution < -0.4 is 4.90 Å². The van der Waals surface area contributed by atoms with E-state index in [-0.39, 0.29) is 18.2 Å². The predicted octanol–water partition coefficient (Wildman–Crippen LogP) is 1.31. The maximum atomic E-state index is 11.8. The molecule has 2 rings (SSSR count). The van der Waals surface area contributed by atoms with Gasteiger partial charge in [0, 0.05) is 6.42 Å². The van der Waals surface area contributed by atoms with Crippen LogP contribution in [0.1, 0.15) is 12.0 Å². The first-order valence-electron chi connectivity index (χ1n) is 5.82. The monoisotopic (exact) mass is 279 g/mol. The zero-order valence-electron chi connectivity index (χ0n) is 10.2. The van der Waals surface area contributed by atoms with Crippen molar-refractivity contribution in [2.24, 2.45) is 0 Å². The number of imide groups is 1. The number of hydrogen-bond donors (Lipinski definition) is 1. The fourth-order valence-corrected chi connectivity index (χ4v) is 2.59. The molecule has 1 N–H and O–H groups in total. The molecule has 0 unspecified atom stereocenters. The summed E-state index contributed by atoms with van der Waals surface area (Å²) in [6, 6.07) is 6.92. The SMILES string of the molecule is O=C(O)CCc1cccc(N2C(=O)CSCC2=O)c1. The second kappa shape index (κ2) is 5.88. The van der Waals surface area contributed by atoms with E-state index in [9.17, 15) is 14.4 Å². The van der Waals surface area contributed by atoms with E-state index in [2.05, 4.69) is 0 Å². The van der Waals surface area contributed by atoms with Crippen LogP contribution in [0.3, 0.4) is 0 Å². The number of amides is 2. The van der Waals surface area contributed by atoms with Crippen molar-refractivity contribution < 1.29 is 19.5 Å². The molecule has 1 heterocycles. The van der Waals surface area contributed by atoms with Gasteiger partial charge in [0.25, 0.3) is 0 Å². The number of carboxylic acid groups (broad SMARTS) is 1. The quantitative estimate of drug-likeness (QED) is 0.841. The minimum Gasteiger partial charge on any atom is -0.481 e. The van der Waals surface area contributed by atoms with E-state index in [0.717, 1.165) is 5.56 Å². The van der Waals surface area contributed by atoms with Crippen molar-refractivity contribution in [3.8, 4) is 0 Å². The smallest absolute Gasteiger partial charge is 0.303 e. The first kappa shape index (κ1) is 13.6. The standard InChI is InChI=1S/C13H13NO4S/c15-11-7-19-8-12(16)14(11)10-3-1-2-9(6-10)4-5-13(17)18/h1-3,6H,4-5,7-8H2,(H,17,18). The van der Waals surface area contributed by atoms with Gasteiger partial charge in [0.2, 0.25) is 11.8 Å². The average Bonchev–Trinajstić information content (AvgIpc) is 2.37. The van der Waals surface area contributed by atoms with Gasteiger partial charge in [-0.15, -0.1) is 11.8 Å². The van der Waals surface area contributed by atoms with Gasteiger partial charge in [0.15, 0.2) is 0 Å². The Hall–Kier alpha value is -1.82. The van der Waals surface area contributed by atoms with E-state index in [1.165, 1.54) is 16.7 Å². The fraction of sp³-hybridized carbons (Fsp3) is 0.308. The zero-order valence-corrected chi connectivity index (χ0v) is 11.0. The molecule has 1 aromatic rings. The highest BCUT2D eigenvalue weighted by Crippen LogP contribution is 2.22. The van der Waals surface area contributed by atoms with Gasteiger partial charge in [0.1, 0.15) is 0 Å². The summed E-state index contributed by atoms with van der Waals surface area (Å²) in [6.07, 6.45) is 0.412. The van der Waals surface area contributed by atoms with Gasteiger partial charge in [-0.1, -0.05) is 12.1 Å². The number of hydrogen-bond acceptors (Lipinski definition) is 4. The molecule has 0 radical (unpaired) electrons. The van der Waals surface area contributed by atoms with Crippen molar-refractivity contribution in [2.45, 2.75) is 12.8 Å². The molecule has 0 bridgehead atoms. The molecule has 100 valence electrons. The maximum Gasteiger partial charge on any atom is 0.303 e. The molecule has 0 atom stereocenters. The molecule has 0 spiro atoms. The van der Waals surface area contributed by atoms with E-state index in [0.29, 0.717) is 23.6 Å². The molecule has 1 aliphatic rings. The van der Waals surface area contributed by atoms with Crippen LogP contribution in [0, 0.1) is 0 Å². The Balaban J connectivity index is 2.19. The van der Waals surface area contributed by atoms with Crippen LogP contribution >= 0.6 is 11.8 Å². The highest BCUT2D eigenvalue weighted by molar-refractivity contribution is 8.00. The molecular weight excluding hydrogens is 266 g/mol. The molecule has 1 aliphatic heterocycles. The average molecular weight is 279 g/mol. The lowest BCUT2D eigenvalue weighted by molar-refractivity contribution is -0.137. The third-order valence-corrected chi connectivity index (χ3v) is 3.65. The summed E-state index contributed by atoms with van der Waals surface area (Å²) >= 11 is 1.31. The van der Waals surface area contributed by atoms with Gasteiger partial charge >= 0.3 is 5.97 Å².